The monoisotopic (exact) mass is 331 g/mol. The van der Waals surface area contributed by atoms with Gasteiger partial charge in [-0.1, -0.05) is 44.2 Å². The summed E-state index contributed by atoms with van der Waals surface area (Å²) < 4.78 is 11.1. The quantitative estimate of drug-likeness (QED) is 0.866. The van der Waals surface area contributed by atoms with Crippen LogP contribution in [-0.4, -0.2) is 45.3 Å². The number of aromatic nitrogens is 2. The van der Waals surface area contributed by atoms with Gasteiger partial charge in [0.25, 0.3) is 5.91 Å². The first-order valence-electron chi connectivity index (χ1n) is 8.00. The Morgan fingerprint density at radius 1 is 1.33 bits per heavy atom. The van der Waals surface area contributed by atoms with E-state index < -0.39 is 6.10 Å². The van der Waals surface area contributed by atoms with E-state index in [0.717, 1.165) is 0 Å². The van der Waals surface area contributed by atoms with Gasteiger partial charge in [-0.25, -0.2) is 0 Å². The molecule has 2 heterocycles. The largest absolute Gasteiger partial charge is 0.422 e. The highest BCUT2D eigenvalue weighted by molar-refractivity contribution is 5.82. The third kappa shape index (κ3) is 3.63. The van der Waals surface area contributed by atoms with Crippen molar-refractivity contribution in [1.82, 2.24) is 15.1 Å². The van der Waals surface area contributed by atoms with Crippen molar-refractivity contribution in [3.63, 3.8) is 0 Å². The van der Waals surface area contributed by atoms with Crippen molar-refractivity contribution in [2.75, 3.05) is 13.1 Å². The summed E-state index contributed by atoms with van der Waals surface area (Å²) in [6, 6.07) is 8.90. The fourth-order valence-electron chi connectivity index (χ4n) is 2.42. The van der Waals surface area contributed by atoms with E-state index in [1.165, 1.54) is 0 Å². The van der Waals surface area contributed by atoms with Crippen molar-refractivity contribution in [2.45, 2.75) is 38.6 Å². The molecule has 24 heavy (non-hydrogen) atoms. The minimum atomic E-state index is -1.13. The van der Waals surface area contributed by atoms with Crippen LogP contribution >= 0.6 is 0 Å². The molecule has 1 amide bonds. The summed E-state index contributed by atoms with van der Waals surface area (Å²) >= 11 is 0. The lowest BCUT2D eigenvalue weighted by Gasteiger charge is -2.39. The standard InChI is InChI=1S/C17H21N3O4/c1-11(2)16-19-18-14(24-16)10-23-13-8-20(9-13)17(22)15(21)12-6-4-3-5-7-12/h3-7,11,13,15,21H,8-10H2,1-2H3. The smallest absolute Gasteiger partial charge is 0.256 e. The van der Waals surface area contributed by atoms with E-state index in [1.54, 1.807) is 29.2 Å². The van der Waals surface area contributed by atoms with Crippen LogP contribution in [0.2, 0.25) is 0 Å². The zero-order chi connectivity index (χ0) is 17.1. The lowest BCUT2D eigenvalue weighted by atomic mass is 10.1. The van der Waals surface area contributed by atoms with E-state index >= 15 is 0 Å². The van der Waals surface area contributed by atoms with Crippen LogP contribution in [0, 0.1) is 0 Å². The van der Waals surface area contributed by atoms with Gasteiger partial charge in [-0.05, 0) is 5.56 Å². The second-order valence-electron chi connectivity index (χ2n) is 6.18. The third-order valence-electron chi connectivity index (χ3n) is 3.93. The molecule has 0 radical (unpaired) electrons. The third-order valence-corrected chi connectivity index (χ3v) is 3.93. The van der Waals surface area contributed by atoms with Crippen LogP contribution in [0.25, 0.3) is 0 Å². The maximum Gasteiger partial charge on any atom is 0.256 e. The average molecular weight is 331 g/mol. The molecular formula is C17H21N3O4. The Morgan fingerprint density at radius 2 is 2.04 bits per heavy atom. The summed E-state index contributed by atoms with van der Waals surface area (Å²) in [5.74, 6) is 0.904. The lowest BCUT2D eigenvalue weighted by Crippen LogP contribution is -2.55. The number of hydrogen-bond donors (Lipinski definition) is 1. The number of ether oxygens (including phenoxy) is 1. The van der Waals surface area contributed by atoms with E-state index in [1.807, 2.05) is 19.9 Å². The molecule has 1 aliphatic heterocycles. The number of carbonyl (C=O) groups excluding carboxylic acids is 1. The van der Waals surface area contributed by atoms with Crippen LogP contribution in [0.4, 0.5) is 0 Å². The Labute approximate surface area is 140 Å². The van der Waals surface area contributed by atoms with Crippen LogP contribution in [-0.2, 0) is 16.1 Å². The molecule has 1 aliphatic rings. The molecule has 128 valence electrons. The fraction of sp³-hybridized carbons (Fsp3) is 0.471. The van der Waals surface area contributed by atoms with Crippen molar-refractivity contribution in [3.8, 4) is 0 Å². The first kappa shape index (κ1) is 16.6. The number of benzene rings is 1. The first-order valence-corrected chi connectivity index (χ1v) is 8.00. The van der Waals surface area contributed by atoms with Crippen LogP contribution in [0.1, 0.15) is 43.2 Å². The number of amides is 1. The molecular weight excluding hydrogens is 310 g/mol. The number of rotatable bonds is 6. The molecule has 0 aliphatic carbocycles. The number of aliphatic hydroxyl groups is 1. The summed E-state index contributed by atoms with van der Waals surface area (Å²) in [6.07, 6.45) is -1.21. The molecule has 1 aromatic carbocycles. The second kappa shape index (κ2) is 7.11. The highest BCUT2D eigenvalue weighted by atomic mass is 16.5. The summed E-state index contributed by atoms with van der Waals surface area (Å²) in [4.78, 5) is 13.8. The van der Waals surface area contributed by atoms with Crippen LogP contribution in [0.3, 0.4) is 0 Å². The van der Waals surface area contributed by atoms with Crippen LogP contribution < -0.4 is 0 Å². The molecule has 1 aromatic heterocycles. The number of nitrogens with zero attached hydrogens (tertiary/aromatic N) is 3. The molecule has 0 saturated carbocycles. The van der Waals surface area contributed by atoms with Crippen LogP contribution in [0.5, 0.6) is 0 Å². The van der Waals surface area contributed by atoms with Crippen molar-refractivity contribution < 1.29 is 19.1 Å². The van der Waals surface area contributed by atoms with Gasteiger partial charge in [-0.15, -0.1) is 10.2 Å². The molecule has 0 bridgehead atoms. The summed E-state index contributed by atoms with van der Waals surface area (Å²) in [7, 11) is 0. The molecule has 3 rings (SSSR count). The van der Waals surface area contributed by atoms with E-state index in [0.29, 0.717) is 30.4 Å². The van der Waals surface area contributed by atoms with Gasteiger partial charge in [0, 0.05) is 19.0 Å². The number of aliphatic hydroxyl groups excluding tert-OH is 1. The van der Waals surface area contributed by atoms with Crippen molar-refractivity contribution in [1.29, 1.82) is 0 Å². The lowest BCUT2D eigenvalue weighted by molar-refractivity contribution is -0.155. The molecule has 1 unspecified atom stereocenters. The van der Waals surface area contributed by atoms with Crippen molar-refractivity contribution >= 4 is 5.91 Å². The summed E-state index contributed by atoms with van der Waals surface area (Å²) in [6.45, 7) is 5.09. The Morgan fingerprint density at radius 3 is 2.67 bits per heavy atom. The molecule has 1 atom stereocenters. The molecule has 7 nitrogen and oxygen atoms in total. The van der Waals surface area contributed by atoms with Gasteiger partial charge in [0.05, 0.1) is 6.10 Å². The van der Waals surface area contributed by atoms with E-state index in [4.69, 9.17) is 9.15 Å². The Hall–Kier alpha value is -2.25. The summed E-state index contributed by atoms with van der Waals surface area (Å²) in [5.41, 5.74) is 0.596. The predicted octanol–water partition coefficient (Wildman–Crippen LogP) is 1.65. The first-order chi connectivity index (χ1) is 11.5. The van der Waals surface area contributed by atoms with Gasteiger partial charge in [0.2, 0.25) is 11.8 Å². The van der Waals surface area contributed by atoms with Gasteiger partial charge in [-0.3, -0.25) is 4.79 Å². The fourth-order valence-corrected chi connectivity index (χ4v) is 2.42. The topological polar surface area (TPSA) is 88.7 Å². The SMILES string of the molecule is CC(C)c1nnc(COC2CN(C(=O)C(O)c3ccccc3)C2)o1. The summed E-state index contributed by atoms with van der Waals surface area (Å²) in [5, 5.41) is 18.0. The minimum Gasteiger partial charge on any atom is -0.422 e. The van der Waals surface area contributed by atoms with Gasteiger partial charge < -0.3 is 19.2 Å². The number of likely N-dealkylation sites (tertiary alicyclic amines) is 1. The maximum absolute atomic E-state index is 12.2. The molecule has 1 fully saturated rings. The molecule has 2 aromatic rings. The normalized spacial score (nSPS) is 16.2. The van der Waals surface area contributed by atoms with E-state index in [2.05, 4.69) is 10.2 Å². The molecule has 0 spiro atoms. The van der Waals surface area contributed by atoms with E-state index in [-0.39, 0.29) is 24.5 Å². The number of carbonyl (C=O) groups is 1. The average Bonchev–Trinajstić information content (AvgIpc) is 3.02. The van der Waals surface area contributed by atoms with Gasteiger partial charge >= 0.3 is 0 Å². The number of hydrogen-bond acceptors (Lipinski definition) is 6. The highest BCUT2D eigenvalue weighted by Crippen LogP contribution is 2.21. The Balaban J connectivity index is 1.44. The molecule has 1 saturated heterocycles. The highest BCUT2D eigenvalue weighted by Gasteiger charge is 2.35. The van der Waals surface area contributed by atoms with Crippen molar-refractivity contribution in [2.24, 2.45) is 0 Å². The molecule has 1 N–H and O–H groups in total. The van der Waals surface area contributed by atoms with Gasteiger partial charge in [-0.2, -0.15) is 0 Å². The van der Waals surface area contributed by atoms with E-state index in [9.17, 15) is 9.90 Å². The zero-order valence-corrected chi connectivity index (χ0v) is 13.8. The zero-order valence-electron chi connectivity index (χ0n) is 13.8. The molecule has 7 heteroatoms. The van der Waals surface area contributed by atoms with Gasteiger partial charge in [0.1, 0.15) is 6.61 Å². The predicted molar refractivity (Wildman–Crippen MR) is 84.9 cm³/mol. The Bertz CT molecular complexity index is 680. The maximum atomic E-state index is 12.2. The Kier molecular flexibility index (Phi) is 4.92. The van der Waals surface area contributed by atoms with Gasteiger partial charge in [0.15, 0.2) is 6.10 Å². The van der Waals surface area contributed by atoms with Crippen LogP contribution in [0.15, 0.2) is 34.7 Å². The van der Waals surface area contributed by atoms with Crippen molar-refractivity contribution in [3.05, 3.63) is 47.7 Å². The second-order valence-corrected chi connectivity index (χ2v) is 6.18. The minimum absolute atomic E-state index is 0.0775.